The second-order valence-electron chi connectivity index (χ2n) is 2.67. The standard InChI is InChI=1S/C7H14O5S.Na.H/c1-2-3-4-5-7(8)12-6-13(9,10)11;;/h2-6H2,1H3,(H,9,10,11);;. The van der Waals surface area contributed by atoms with E-state index in [9.17, 15) is 13.2 Å². The molecule has 0 saturated carbocycles. The molecule has 7 heteroatoms. The Morgan fingerprint density at radius 1 is 1.36 bits per heavy atom. The van der Waals surface area contributed by atoms with E-state index in [4.69, 9.17) is 4.55 Å². The molecule has 0 spiro atoms. The maximum atomic E-state index is 10.8. The first-order chi connectivity index (χ1) is 5.95. The van der Waals surface area contributed by atoms with Crippen molar-refractivity contribution < 1.29 is 22.5 Å². The van der Waals surface area contributed by atoms with Crippen LogP contribution in [0.3, 0.4) is 0 Å². The molecule has 5 nitrogen and oxygen atoms in total. The summed E-state index contributed by atoms with van der Waals surface area (Å²) < 4.78 is 32.8. The number of carbonyl (C=O) groups excluding carboxylic acids is 1. The molecule has 0 aliphatic heterocycles. The van der Waals surface area contributed by atoms with Crippen molar-refractivity contribution >= 4 is 45.6 Å². The zero-order chi connectivity index (χ0) is 10.3. The van der Waals surface area contributed by atoms with Gasteiger partial charge in [0, 0.05) is 6.42 Å². The zero-order valence-corrected chi connectivity index (χ0v) is 8.34. The van der Waals surface area contributed by atoms with Gasteiger partial charge in [0.05, 0.1) is 0 Å². The van der Waals surface area contributed by atoms with Crippen molar-refractivity contribution in [2.45, 2.75) is 32.6 Å². The fraction of sp³-hybridized carbons (Fsp3) is 0.857. The van der Waals surface area contributed by atoms with Gasteiger partial charge in [-0.3, -0.25) is 9.35 Å². The van der Waals surface area contributed by atoms with Crippen LogP contribution < -0.4 is 0 Å². The van der Waals surface area contributed by atoms with Crippen LogP contribution in [0.5, 0.6) is 0 Å². The Kier molecular flexibility index (Phi) is 10.4. The molecule has 0 aliphatic carbocycles. The van der Waals surface area contributed by atoms with Gasteiger partial charge >= 0.3 is 45.6 Å². The van der Waals surface area contributed by atoms with Gasteiger partial charge in [-0.15, -0.1) is 0 Å². The Bertz CT molecular complexity index is 249. The van der Waals surface area contributed by atoms with Crippen LogP contribution in [0.2, 0.25) is 0 Å². The van der Waals surface area contributed by atoms with Crippen LogP contribution in [0, 0.1) is 0 Å². The Hall–Kier alpha value is 0.380. The number of hydrogen-bond acceptors (Lipinski definition) is 4. The van der Waals surface area contributed by atoms with Crippen LogP contribution in [-0.4, -0.2) is 54.4 Å². The van der Waals surface area contributed by atoms with Crippen molar-refractivity contribution in [3.8, 4) is 0 Å². The molecule has 0 bridgehead atoms. The van der Waals surface area contributed by atoms with E-state index in [-0.39, 0.29) is 36.0 Å². The Balaban J connectivity index is 0. The number of ether oxygens (including phenoxy) is 1. The van der Waals surface area contributed by atoms with Crippen LogP contribution in [0.4, 0.5) is 0 Å². The summed E-state index contributed by atoms with van der Waals surface area (Å²) in [5, 5.41) is 0. The van der Waals surface area contributed by atoms with Crippen molar-refractivity contribution in [2.75, 3.05) is 5.94 Å². The summed E-state index contributed by atoms with van der Waals surface area (Å²) >= 11 is 0. The quantitative estimate of drug-likeness (QED) is 0.309. The summed E-state index contributed by atoms with van der Waals surface area (Å²) in [4.78, 5) is 10.8. The summed E-state index contributed by atoms with van der Waals surface area (Å²) in [6.45, 7) is 1.99. The Labute approximate surface area is 106 Å². The number of esters is 1. The molecule has 0 unspecified atom stereocenters. The molecule has 0 radical (unpaired) electrons. The van der Waals surface area contributed by atoms with Gasteiger partial charge in [0.25, 0.3) is 0 Å². The SMILES string of the molecule is CCCCCC(=O)OCS(=O)(=O)O.[NaH]. The normalized spacial score (nSPS) is 10.4. The second kappa shape index (κ2) is 8.67. The van der Waals surface area contributed by atoms with Crippen LogP contribution >= 0.6 is 0 Å². The first kappa shape index (κ1) is 16.8. The average molecular weight is 234 g/mol. The van der Waals surface area contributed by atoms with Crippen molar-refractivity contribution in [3.63, 3.8) is 0 Å². The van der Waals surface area contributed by atoms with Crippen LogP contribution in [-0.2, 0) is 19.6 Å². The van der Waals surface area contributed by atoms with Crippen molar-refractivity contribution in [1.82, 2.24) is 0 Å². The number of carbonyl (C=O) groups is 1. The fourth-order valence-electron chi connectivity index (χ4n) is 0.732. The molecule has 0 amide bonds. The molecule has 0 aliphatic rings. The van der Waals surface area contributed by atoms with Crippen LogP contribution in [0.15, 0.2) is 0 Å². The second-order valence-corrected chi connectivity index (χ2v) is 4.07. The predicted octanol–water partition coefficient (Wildman–Crippen LogP) is 0.307. The first-order valence-electron chi connectivity index (χ1n) is 4.06. The van der Waals surface area contributed by atoms with Gasteiger partial charge in [0.1, 0.15) is 0 Å². The molecule has 14 heavy (non-hydrogen) atoms. The summed E-state index contributed by atoms with van der Waals surface area (Å²) in [6, 6.07) is 0. The van der Waals surface area contributed by atoms with Gasteiger partial charge < -0.3 is 4.74 Å². The van der Waals surface area contributed by atoms with E-state index in [0.717, 1.165) is 12.8 Å². The van der Waals surface area contributed by atoms with E-state index in [2.05, 4.69) is 4.74 Å². The molecule has 80 valence electrons. The van der Waals surface area contributed by atoms with Gasteiger partial charge in [-0.25, -0.2) is 0 Å². The zero-order valence-electron chi connectivity index (χ0n) is 7.52. The van der Waals surface area contributed by atoms with E-state index < -0.39 is 22.0 Å². The summed E-state index contributed by atoms with van der Waals surface area (Å²) in [5.41, 5.74) is 0. The van der Waals surface area contributed by atoms with Gasteiger partial charge in [0.2, 0.25) is 5.94 Å². The van der Waals surface area contributed by atoms with Gasteiger partial charge in [-0.1, -0.05) is 19.8 Å². The van der Waals surface area contributed by atoms with Crippen molar-refractivity contribution in [1.29, 1.82) is 0 Å². The van der Waals surface area contributed by atoms with Gasteiger partial charge in [-0.2, -0.15) is 8.42 Å². The molecule has 1 N–H and O–H groups in total. The van der Waals surface area contributed by atoms with E-state index in [1.165, 1.54) is 0 Å². The van der Waals surface area contributed by atoms with Gasteiger partial charge in [0.15, 0.2) is 0 Å². The Morgan fingerprint density at radius 2 is 1.93 bits per heavy atom. The number of unbranched alkanes of at least 4 members (excludes halogenated alkanes) is 2. The van der Waals surface area contributed by atoms with E-state index in [1.807, 2.05) is 6.92 Å². The molecule has 0 saturated heterocycles. The number of rotatable bonds is 6. The molecule has 0 aromatic heterocycles. The third-order valence-electron chi connectivity index (χ3n) is 1.35. The molecule has 0 aromatic carbocycles. The minimum atomic E-state index is -4.19. The third-order valence-corrected chi connectivity index (χ3v) is 1.77. The summed E-state index contributed by atoms with van der Waals surface area (Å²) in [7, 11) is -4.19. The van der Waals surface area contributed by atoms with Crippen LogP contribution in [0.25, 0.3) is 0 Å². The number of hydrogen-bond donors (Lipinski definition) is 1. The molecule has 0 heterocycles. The first-order valence-corrected chi connectivity index (χ1v) is 5.67. The van der Waals surface area contributed by atoms with E-state index >= 15 is 0 Å². The summed E-state index contributed by atoms with van der Waals surface area (Å²) in [5.74, 6) is -1.54. The fourth-order valence-corrected chi connectivity index (χ4v) is 1.01. The predicted molar refractivity (Wildman–Crippen MR) is 53.8 cm³/mol. The molecular formula is C7H15NaO5S. The monoisotopic (exact) mass is 234 g/mol. The van der Waals surface area contributed by atoms with E-state index in [0.29, 0.717) is 6.42 Å². The molecule has 0 fully saturated rings. The summed E-state index contributed by atoms with van der Waals surface area (Å²) in [6.07, 6.45) is 2.76. The molecule has 0 atom stereocenters. The Morgan fingerprint density at radius 3 is 2.36 bits per heavy atom. The molecule has 0 aromatic rings. The molecular weight excluding hydrogens is 219 g/mol. The van der Waals surface area contributed by atoms with E-state index in [1.54, 1.807) is 0 Å². The minimum absolute atomic E-state index is 0. The van der Waals surface area contributed by atoms with Gasteiger partial charge in [-0.05, 0) is 6.42 Å². The maximum absolute atomic E-state index is 10.8. The topological polar surface area (TPSA) is 80.7 Å². The average Bonchev–Trinajstić information content (AvgIpc) is 2.00. The third kappa shape index (κ3) is 12.4. The van der Waals surface area contributed by atoms with Crippen LogP contribution in [0.1, 0.15) is 32.6 Å². The van der Waals surface area contributed by atoms with Crippen molar-refractivity contribution in [2.24, 2.45) is 0 Å². The molecule has 0 rings (SSSR count). The van der Waals surface area contributed by atoms with Crippen molar-refractivity contribution in [3.05, 3.63) is 0 Å².